The molecule has 3 nitrogen and oxygen atoms in total. The summed E-state index contributed by atoms with van der Waals surface area (Å²) in [5.74, 6) is -0.815. The number of carboxylic acids is 1. The van der Waals surface area contributed by atoms with Gasteiger partial charge in [0.2, 0.25) is 0 Å². The fourth-order valence-corrected chi connectivity index (χ4v) is 0.868. The van der Waals surface area contributed by atoms with Crippen molar-refractivity contribution in [1.29, 1.82) is 0 Å². The molecule has 1 aromatic rings. The van der Waals surface area contributed by atoms with E-state index in [-0.39, 0.29) is 5.75 Å². The minimum atomic E-state index is -1.00. The Balaban J connectivity index is 0.000000265. The average molecular weight is 247 g/mol. The van der Waals surface area contributed by atoms with Crippen molar-refractivity contribution in [1.82, 2.24) is 0 Å². The fraction of sp³-hybridized carbons (Fsp3) is 0.200. The number of hydrogen-bond donors (Lipinski definition) is 3. The predicted octanol–water partition coefficient (Wildman–Crippen LogP) is 1.85. The zero-order chi connectivity index (χ0) is 11.8. The first-order valence-corrected chi connectivity index (χ1v) is 5.15. The molecular weight excluding hydrogens is 234 g/mol. The number of hydrogen-bond acceptors (Lipinski definition) is 3. The summed E-state index contributed by atoms with van der Waals surface area (Å²) in [5.41, 5.74) is 5.82. The molecule has 0 unspecified atom stereocenters. The highest BCUT2D eigenvalue weighted by Gasteiger charge is 2.06. The minimum Gasteiger partial charge on any atom is -0.480 e. The van der Waals surface area contributed by atoms with Crippen molar-refractivity contribution >= 4 is 30.2 Å². The molecule has 0 bridgehead atoms. The van der Waals surface area contributed by atoms with Gasteiger partial charge in [0.15, 0.2) is 0 Å². The van der Waals surface area contributed by atoms with Gasteiger partial charge in [0.05, 0.1) is 0 Å². The number of benzene rings is 1. The van der Waals surface area contributed by atoms with Crippen molar-refractivity contribution in [2.45, 2.75) is 6.04 Å². The molecule has 0 heterocycles. The van der Waals surface area contributed by atoms with Gasteiger partial charge in [-0.25, -0.2) is 0 Å². The van der Waals surface area contributed by atoms with Crippen LogP contribution in [0.25, 0.3) is 0 Å². The van der Waals surface area contributed by atoms with Gasteiger partial charge in [0.1, 0.15) is 6.04 Å². The SMILES string of the molecule is N[C@@H](CS)C(=O)O.[CH2]c1ccccc1Cl. The zero-order valence-corrected chi connectivity index (χ0v) is 9.71. The molecular formula is C10H13ClNO2S. The van der Waals surface area contributed by atoms with E-state index < -0.39 is 12.0 Å². The van der Waals surface area contributed by atoms with Crippen LogP contribution in [0.2, 0.25) is 5.02 Å². The third-order valence-electron chi connectivity index (χ3n) is 1.47. The van der Waals surface area contributed by atoms with Gasteiger partial charge >= 0.3 is 5.97 Å². The molecule has 0 amide bonds. The normalized spacial score (nSPS) is 11.2. The molecule has 1 atom stereocenters. The molecule has 1 rings (SSSR count). The Morgan fingerprint density at radius 2 is 2.13 bits per heavy atom. The van der Waals surface area contributed by atoms with Crippen molar-refractivity contribution in [2.75, 3.05) is 5.75 Å². The summed E-state index contributed by atoms with van der Waals surface area (Å²) in [6, 6.07) is 6.68. The lowest BCUT2D eigenvalue weighted by atomic mass is 10.2. The number of halogens is 1. The van der Waals surface area contributed by atoms with E-state index in [0.717, 1.165) is 10.6 Å². The van der Waals surface area contributed by atoms with Crippen molar-refractivity contribution in [3.63, 3.8) is 0 Å². The molecule has 83 valence electrons. The lowest BCUT2D eigenvalue weighted by Crippen LogP contribution is -2.31. The van der Waals surface area contributed by atoms with Crippen LogP contribution in [0.5, 0.6) is 0 Å². The van der Waals surface area contributed by atoms with Gasteiger partial charge in [0, 0.05) is 10.8 Å². The van der Waals surface area contributed by atoms with Gasteiger partial charge in [-0.1, -0.05) is 29.8 Å². The second-order valence-electron chi connectivity index (χ2n) is 2.72. The van der Waals surface area contributed by atoms with Crippen molar-refractivity contribution < 1.29 is 9.90 Å². The minimum absolute atomic E-state index is 0.190. The zero-order valence-electron chi connectivity index (χ0n) is 8.06. The fourth-order valence-electron chi connectivity index (χ4n) is 0.576. The first-order chi connectivity index (χ1) is 6.99. The second-order valence-corrected chi connectivity index (χ2v) is 3.49. The molecule has 0 aliphatic heterocycles. The number of rotatable bonds is 2. The Kier molecular flexibility index (Phi) is 7.21. The van der Waals surface area contributed by atoms with Crippen LogP contribution < -0.4 is 5.73 Å². The summed E-state index contributed by atoms with van der Waals surface area (Å²) in [6.45, 7) is 3.69. The highest BCUT2D eigenvalue weighted by Crippen LogP contribution is 2.11. The first kappa shape index (κ1) is 14.3. The molecule has 1 aromatic carbocycles. The van der Waals surface area contributed by atoms with Crippen LogP contribution in [0, 0.1) is 6.92 Å². The molecule has 3 N–H and O–H groups in total. The number of thiol groups is 1. The predicted molar refractivity (Wildman–Crippen MR) is 65.4 cm³/mol. The summed E-state index contributed by atoms with van der Waals surface area (Å²) < 4.78 is 0. The van der Waals surface area contributed by atoms with Crippen LogP contribution in [0.1, 0.15) is 5.56 Å². The van der Waals surface area contributed by atoms with Crippen LogP contribution in [0.15, 0.2) is 24.3 Å². The number of nitrogens with two attached hydrogens (primary N) is 1. The molecule has 0 aromatic heterocycles. The van der Waals surface area contributed by atoms with E-state index in [1.54, 1.807) is 0 Å². The van der Waals surface area contributed by atoms with Gasteiger partial charge in [0.25, 0.3) is 0 Å². The highest BCUT2D eigenvalue weighted by molar-refractivity contribution is 7.80. The maximum atomic E-state index is 9.76. The van der Waals surface area contributed by atoms with E-state index in [0.29, 0.717) is 0 Å². The molecule has 5 heteroatoms. The van der Waals surface area contributed by atoms with Gasteiger partial charge in [-0.3, -0.25) is 4.79 Å². The Labute approximate surface area is 99.7 Å². The summed E-state index contributed by atoms with van der Waals surface area (Å²) >= 11 is 9.30. The van der Waals surface area contributed by atoms with Gasteiger partial charge < -0.3 is 10.8 Å². The summed E-state index contributed by atoms with van der Waals surface area (Å²) in [4.78, 5) is 9.76. The van der Waals surface area contributed by atoms with Crippen LogP contribution in [-0.4, -0.2) is 22.9 Å². The third-order valence-corrected chi connectivity index (χ3v) is 2.23. The molecule has 15 heavy (non-hydrogen) atoms. The largest absolute Gasteiger partial charge is 0.480 e. The van der Waals surface area contributed by atoms with Gasteiger partial charge in [-0.2, -0.15) is 12.6 Å². The van der Waals surface area contributed by atoms with E-state index in [2.05, 4.69) is 19.6 Å². The van der Waals surface area contributed by atoms with Gasteiger partial charge in [-0.05, 0) is 18.6 Å². The van der Waals surface area contributed by atoms with E-state index in [4.69, 9.17) is 22.4 Å². The molecule has 0 spiro atoms. The van der Waals surface area contributed by atoms with Gasteiger partial charge in [-0.15, -0.1) is 0 Å². The summed E-state index contributed by atoms with van der Waals surface area (Å²) in [5, 5.41) is 8.74. The maximum absolute atomic E-state index is 9.76. The average Bonchev–Trinajstić information content (AvgIpc) is 2.22. The van der Waals surface area contributed by atoms with Crippen LogP contribution in [-0.2, 0) is 4.79 Å². The number of carbonyl (C=O) groups is 1. The molecule has 0 fully saturated rings. The smallest absolute Gasteiger partial charge is 0.321 e. The van der Waals surface area contributed by atoms with Crippen LogP contribution in [0.3, 0.4) is 0 Å². The first-order valence-electron chi connectivity index (χ1n) is 4.14. The van der Waals surface area contributed by atoms with Crippen LogP contribution in [0.4, 0.5) is 0 Å². The topological polar surface area (TPSA) is 63.3 Å². The summed E-state index contributed by atoms with van der Waals surface area (Å²) in [6.07, 6.45) is 0. The molecule has 0 saturated carbocycles. The van der Waals surface area contributed by atoms with Crippen molar-refractivity contribution in [3.05, 3.63) is 41.8 Å². The second kappa shape index (κ2) is 7.56. The highest BCUT2D eigenvalue weighted by atomic mass is 35.5. The Morgan fingerprint density at radius 1 is 1.60 bits per heavy atom. The van der Waals surface area contributed by atoms with Crippen molar-refractivity contribution in [3.8, 4) is 0 Å². The quantitative estimate of drug-likeness (QED) is 0.698. The van der Waals surface area contributed by atoms with E-state index >= 15 is 0 Å². The number of carboxylic acid groups (broad SMARTS) is 1. The van der Waals surface area contributed by atoms with Crippen LogP contribution >= 0.6 is 24.2 Å². The molecule has 0 aliphatic carbocycles. The van der Waals surface area contributed by atoms with Crippen molar-refractivity contribution in [2.24, 2.45) is 5.73 Å². The Hall–Kier alpha value is -0.710. The van der Waals surface area contributed by atoms with E-state index in [1.165, 1.54) is 0 Å². The lowest BCUT2D eigenvalue weighted by Gasteiger charge is -1.96. The van der Waals surface area contributed by atoms with E-state index in [1.807, 2.05) is 24.3 Å². The third kappa shape index (κ3) is 6.38. The lowest BCUT2D eigenvalue weighted by molar-refractivity contribution is -0.137. The molecule has 0 aliphatic rings. The maximum Gasteiger partial charge on any atom is 0.321 e. The summed E-state index contributed by atoms with van der Waals surface area (Å²) in [7, 11) is 0. The Bertz CT molecular complexity index is 299. The monoisotopic (exact) mass is 246 g/mol. The number of aliphatic carboxylic acids is 1. The molecule has 0 saturated heterocycles. The molecule has 1 radical (unpaired) electrons. The standard InChI is InChI=1S/C7H6Cl.C3H7NO2S/c1-6-4-2-3-5-7(6)8;4-2(1-7)3(5)6/h2-5H,1H2;2,7H,1,4H2,(H,5,6)/t;2-/m.0/s1. The Morgan fingerprint density at radius 3 is 2.33 bits per heavy atom. The van der Waals surface area contributed by atoms with E-state index in [9.17, 15) is 4.79 Å².